The minimum atomic E-state index is 0.114. The fourth-order valence-corrected chi connectivity index (χ4v) is 2.59. The minimum absolute atomic E-state index is 0.114. The lowest BCUT2D eigenvalue weighted by molar-refractivity contribution is 0.0793. The van der Waals surface area contributed by atoms with Crippen LogP contribution < -0.4 is 0 Å². The van der Waals surface area contributed by atoms with Gasteiger partial charge in [-0.1, -0.05) is 24.3 Å². The summed E-state index contributed by atoms with van der Waals surface area (Å²) in [7, 11) is 0. The van der Waals surface area contributed by atoms with E-state index in [1.807, 2.05) is 41.3 Å². The monoisotopic (exact) mass is 267 g/mol. The zero-order valence-corrected chi connectivity index (χ0v) is 11.2. The Labute approximate surface area is 118 Å². The summed E-state index contributed by atoms with van der Waals surface area (Å²) in [6, 6.07) is 14.7. The van der Waals surface area contributed by atoms with Gasteiger partial charge >= 0.3 is 0 Å². The summed E-state index contributed by atoms with van der Waals surface area (Å²) in [5, 5.41) is 9.33. The highest BCUT2D eigenvalue weighted by molar-refractivity contribution is 5.95. The number of benzene rings is 2. The lowest BCUT2D eigenvalue weighted by Gasteiger charge is -2.15. The Bertz CT molecular complexity index is 613. The molecule has 1 heterocycles. The molecule has 1 N–H and O–H groups in total. The lowest BCUT2D eigenvalue weighted by atomic mass is 10.0. The van der Waals surface area contributed by atoms with E-state index in [1.54, 1.807) is 12.1 Å². The highest BCUT2D eigenvalue weighted by Gasteiger charge is 2.19. The molecule has 1 aliphatic heterocycles. The van der Waals surface area contributed by atoms with Gasteiger partial charge in [-0.25, -0.2) is 0 Å². The van der Waals surface area contributed by atoms with Gasteiger partial charge in [0.25, 0.3) is 5.91 Å². The summed E-state index contributed by atoms with van der Waals surface area (Å²) in [4.78, 5) is 14.3. The molecule has 20 heavy (non-hydrogen) atoms. The third kappa shape index (κ3) is 2.52. The highest BCUT2D eigenvalue weighted by atomic mass is 16.3. The van der Waals surface area contributed by atoms with Gasteiger partial charge in [0.2, 0.25) is 0 Å². The normalized spacial score (nSPS) is 14.5. The lowest BCUT2D eigenvalue weighted by Crippen LogP contribution is -2.27. The molecule has 0 radical (unpaired) electrons. The number of hydrogen-bond acceptors (Lipinski definition) is 2. The molecule has 3 nitrogen and oxygen atoms in total. The standard InChI is InChI=1S/C17H17NO2/c19-16-8-6-13(7-9-16)14-4-3-5-15(12-14)17(20)18-10-1-2-11-18/h3-9,12,19H,1-2,10-11H2. The summed E-state index contributed by atoms with van der Waals surface area (Å²) < 4.78 is 0. The van der Waals surface area contributed by atoms with Crippen LogP contribution in [0.25, 0.3) is 11.1 Å². The van der Waals surface area contributed by atoms with E-state index in [2.05, 4.69) is 0 Å². The van der Waals surface area contributed by atoms with Crippen LogP contribution in [-0.2, 0) is 0 Å². The van der Waals surface area contributed by atoms with Crippen LogP contribution in [-0.4, -0.2) is 29.0 Å². The number of aromatic hydroxyl groups is 1. The molecule has 0 bridgehead atoms. The Balaban J connectivity index is 1.89. The first kappa shape index (κ1) is 12.7. The Kier molecular flexibility index (Phi) is 3.42. The predicted octanol–water partition coefficient (Wildman–Crippen LogP) is 3.30. The quantitative estimate of drug-likeness (QED) is 0.907. The second-order valence-electron chi connectivity index (χ2n) is 5.13. The van der Waals surface area contributed by atoms with E-state index in [4.69, 9.17) is 0 Å². The molecule has 1 amide bonds. The number of carbonyl (C=O) groups excluding carboxylic acids is 1. The van der Waals surface area contributed by atoms with Crippen LogP contribution in [0, 0.1) is 0 Å². The van der Waals surface area contributed by atoms with Crippen molar-refractivity contribution in [2.45, 2.75) is 12.8 Å². The second-order valence-corrected chi connectivity index (χ2v) is 5.13. The molecule has 3 rings (SSSR count). The first-order valence-corrected chi connectivity index (χ1v) is 6.93. The van der Waals surface area contributed by atoms with Crippen molar-refractivity contribution >= 4 is 5.91 Å². The summed E-state index contributed by atoms with van der Waals surface area (Å²) in [6.07, 6.45) is 2.20. The first-order chi connectivity index (χ1) is 9.74. The predicted molar refractivity (Wildman–Crippen MR) is 78.7 cm³/mol. The van der Waals surface area contributed by atoms with Gasteiger partial charge in [0, 0.05) is 18.7 Å². The van der Waals surface area contributed by atoms with E-state index in [1.165, 1.54) is 0 Å². The van der Waals surface area contributed by atoms with Gasteiger partial charge in [0.1, 0.15) is 5.75 Å². The van der Waals surface area contributed by atoms with Crippen molar-refractivity contribution in [1.82, 2.24) is 4.90 Å². The number of carbonyl (C=O) groups is 1. The second kappa shape index (κ2) is 5.37. The first-order valence-electron chi connectivity index (χ1n) is 6.93. The summed E-state index contributed by atoms with van der Waals surface area (Å²) in [6.45, 7) is 1.73. The van der Waals surface area contributed by atoms with Crippen LogP contribution in [0.4, 0.5) is 0 Å². The van der Waals surface area contributed by atoms with Gasteiger partial charge < -0.3 is 10.0 Å². The fourth-order valence-electron chi connectivity index (χ4n) is 2.59. The number of phenols is 1. The summed E-state index contributed by atoms with van der Waals surface area (Å²) in [5.41, 5.74) is 2.73. The molecule has 1 fully saturated rings. The Morgan fingerprint density at radius 1 is 0.950 bits per heavy atom. The molecule has 0 saturated carbocycles. The number of amides is 1. The molecule has 2 aromatic carbocycles. The molecule has 0 spiro atoms. The van der Waals surface area contributed by atoms with Gasteiger partial charge in [-0.05, 0) is 48.2 Å². The van der Waals surface area contributed by atoms with E-state index in [0.717, 1.165) is 42.6 Å². The number of rotatable bonds is 2. The number of phenolic OH excluding ortho intramolecular Hbond substituents is 1. The summed E-state index contributed by atoms with van der Waals surface area (Å²) >= 11 is 0. The zero-order valence-electron chi connectivity index (χ0n) is 11.2. The molecule has 0 unspecified atom stereocenters. The highest BCUT2D eigenvalue weighted by Crippen LogP contribution is 2.23. The molecular formula is C17H17NO2. The fraction of sp³-hybridized carbons (Fsp3) is 0.235. The smallest absolute Gasteiger partial charge is 0.253 e. The van der Waals surface area contributed by atoms with Gasteiger partial charge in [0.15, 0.2) is 0 Å². The van der Waals surface area contributed by atoms with Crippen LogP contribution in [0.2, 0.25) is 0 Å². The SMILES string of the molecule is O=C(c1cccc(-c2ccc(O)cc2)c1)N1CCCC1. The van der Waals surface area contributed by atoms with Crippen molar-refractivity contribution in [3.8, 4) is 16.9 Å². The van der Waals surface area contributed by atoms with Crippen LogP contribution in [0.1, 0.15) is 23.2 Å². The molecule has 102 valence electrons. The topological polar surface area (TPSA) is 40.5 Å². The average molecular weight is 267 g/mol. The van der Waals surface area contributed by atoms with Crippen LogP contribution in [0.5, 0.6) is 5.75 Å². The number of nitrogens with zero attached hydrogens (tertiary/aromatic N) is 1. The van der Waals surface area contributed by atoms with Gasteiger partial charge in [0.05, 0.1) is 0 Å². The summed E-state index contributed by atoms with van der Waals surface area (Å²) in [5.74, 6) is 0.362. The average Bonchev–Trinajstić information content (AvgIpc) is 3.01. The van der Waals surface area contributed by atoms with Crippen LogP contribution in [0.3, 0.4) is 0 Å². The molecular weight excluding hydrogens is 250 g/mol. The number of hydrogen-bond donors (Lipinski definition) is 1. The molecule has 0 aromatic heterocycles. The van der Waals surface area contributed by atoms with Gasteiger partial charge in [-0.3, -0.25) is 4.79 Å². The van der Waals surface area contributed by atoms with Crippen molar-refractivity contribution in [2.75, 3.05) is 13.1 Å². The third-order valence-corrected chi connectivity index (χ3v) is 3.70. The van der Waals surface area contributed by atoms with E-state index in [0.29, 0.717) is 0 Å². The van der Waals surface area contributed by atoms with Crippen molar-refractivity contribution in [2.24, 2.45) is 0 Å². The third-order valence-electron chi connectivity index (χ3n) is 3.70. The van der Waals surface area contributed by atoms with Crippen molar-refractivity contribution in [3.05, 3.63) is 54.1 Å². The maximum absolute atomic E-state index is 12.4. The molecule has 3 heteroatoms. The van der Waals surface area contributed by atoms with Crippen molar-refractivity contribution < 1.29 is 9.90 Å². The van der Waals surface area contributed by atoms with Gasteiger partial charge in [-0.15, -0.1) is 0 Å². The molecule has 0 aliphatic carbocycles. The Morgan fingerprint density at radius 2 is 1.65 bits per heavy atom. The Morgan fingerprint density at radius 3 is 2.35 bits per heavy atom. The number of likely N-dealkylation sites (tertiary alicyclic amines) is 1. The molecule has 2 aromatic rings. The van der Waals surface area contributed by atoms with Crippen molar-refractivity contribution in [3.63, 3.8) is 0 Å². The van der Waals surface area contributed by atoms with Crippen molar-refractivity contribution in [1.29, 1.82) is 0 Å². The van der Waals surface area contributed by atoms with Gasteiger partial charge in [-0.2, -0.15) is 0 Å². The maximum atomic E-state index is 12.4. The minimum Gasteiger partial charge on any atom is -0.508 e. The van der Waals surface area contributed by atoms with Crippen LogP contribution >= 0.6 is 0 Å². The Hall–Kier alpha value is -2.29. The maximum Gasteiger partial charge on any atom is 0.253 e. The van der Waals surface area contributed by atoms with Crippen LogP contribution in [0.15, 0.2) is 48.5 Å². The molecule has 1 aliphatic rings. The molecule has 1 saturated heterocycles. The zero-order chi connectivity index (χ0) is 13.9. The van der Waals surface area contributed by atoms with E-state index in [-0.39, 0.29) is 11.7 Å². The molecule has 0 atom stereocenters. The van der Waals surface area contributed by atoms with E-state index < -0.39 is 0 Å². The van der Waals surface area contributed by atoms with E-state index >= 15 is 0 Å². The van der Waals surface area contributed by atoms with E-state index in [9.17, 15) is 9.90 Å². The largest absolute Gasteiger partial charge is 0.508 e.